The fourth-order valence-corrected chi connectivity index (χ4v) is 3.98. The molecular formula is C26H27ClN4O2. The molecular weight excluding hydrogens is 436 g/mol. The number of halogens is 1. The Morgan fingerprint density at radius 1 is 1.03 bits per heavy atom. The van der Waals surface area contributed by atoms with E-state index in [-0.39, 0.29) is 5.91 Å². The second kappa shape index (κ2) is 9.63. The Morgan fingerprint density at radius 3 is 2.55 bits per heavy atom. The molecule has 0 atom stereocenters. The number of ether oxygens (including phenoxy) is 1. The summed E-state index contributed by atoms with van der Waals surface area (Å²) in [7, 11) is 0. The summed E-state index contributed by atoms with van der Waals surface area (Å²) in [4.78, 5) is 17.4. The monoisotopic (exact) mass is 462 g/mol. The molecule has 1 amide bonds. The summed E-state index contributed by atoms with van der Waals surface area (Å²) in [6, 6.07) is 15.3. The number of rotatable bonds is 7. The van der Waals surface area contributed by atoms with Gasteiger partial charge in [-0.05, 0) is 81.6 Å². The molecule has 4 aromatic rings. The van der Waals surface area contributed by atoms with Crippen LogP contribution < -0.4 is 10.1 Å². The van der Waals surface area contributed by atoms with Crippen LogP contribution in [0.25, 0.3) is 16.7 Å². The van der Waals surface area contributed by atoms with Crippen LogP contribution in [0.1, 0.15) is 35.2 Å². The molecule has 4 rings (SSSR count). The van der Waals surface area contributed by atoms with E-state index in [9.17, 15) is 4.79 Å². The van der Waals surface area contributed by atoms with Crippen molar-refractivity contribution in [2.45, 2.75) is 40.5 Å². The molecule has 2 aromatic carbocycles. The summed E-state index contributed by atoms with van der Waals surface area (Å²) in [5, 5.41) is 9.34. The van der Waals surface area contributed by atoms with Gasteiger partial charge in [0.1, 0.15) is 11.6 Å². The van der Waals surface area contributed by atoms with Gasteiger partial charge in [0, 0.05) is 22.9 Å². The standard InChI is InChI=1S/C26H27ClN4O2/c1-16-12-18(3)26-22(13-16)17(2)14-23(29-26)31-24(15-19(4)30-31)28-25(32)6-5-11-33-21-9-7-20(27)8-10-21/h7-10,12-15H,5-6,11H2,1-4H3,(H,28,32). The highest BCUT2D eigenvalue weighted by Crippen LogP contribution is 2.26. The number of anilines is 1. The molecule has 170 valence electrons. The van der Waals surface area contributed by atoms with E-state index in [1.165, 1.54) is 5.56 Å². The molecule has 1 N–H and O–H groups in total. The SMILES string of the molecule is Cc1cc(C)c2nc(-n3nc(C)cc3NC(=O)CCCOc3ccc(Cl)cc3)cc(C)c2c1. The third-order valence-corrected chi connectivity index (χ3v) is 5.64. The summed E-state index contributed by atoms with van der Waals surface area (Å²) in [6.45, 7) is 8.56. The number of nitrogens with zero attached hydrogens (tertiary/aromatic N) is 3. The second-order valence-corrected chi connectivity index (χ2v) is 8.75. The minimum atomic E-state index is -0.0971. The molecule has 0 unspecified atom stereocenters. The minimum absolute atomic E-state index is 0.0971. The first kappa shape index (κ1) is 22.8. The molecule has 0 aliphatic carbocycles. The molecule has 0 radical (unpaired) electrons. The topological polar surface area (TPSA) is 69.0 Å². The summed E-state index contributed by atoms with van der Waals surface area (Å²) in [5.41, 5.74) is 5.19. The van der Waals surface area contributed by atoms with Crippen molar-refractivity contribution in [1.29, 1.82) is 0 Å². The number of nitrogens with one attached hydrogen (secondary N) is 1. The van der Waals surface area contributed by atoms with Gasteiger partial charge in [-0.25, -0.2) is 4.98 Å². The zero-order valence-electron chi connectivity index (χ0n) is 19.3. The van der Waals surface area contributed by atoms with Gasteiger partial charge in [0.05, 0.1) is 17.8 Å². The van der Waals surface area contributed by atoms with E-state index in [2.05, 4.69) is 43.3 Å². The smallest absolute Gasteiger partial charge is 0.225 e. The van der Waals surface area contributed by atoms with Crippen LogP contribution in [0, 0.1) is 27.7 Å². The highest BCUT2D eigenvalue weighted by molar-refractivity contribution is 6.30. The van der Waals surface area contributed by atoms with Crippen molar-refractivity contribution in [3.8, 4) is 11.6 Å². The van der Waals surface area contributed by atoms with Gasteiger partial charge in [-0.1, -0.05) is 23.2 Å². The van der Waals surface area contributed by atoms with Gasteiger partial charge in [0.2, 0.25) is 5.91 Å². The number of hydrogen-bond donors (Lipinski definition) is 1. The molecule has 0 saturated heterocycles. The van der Waals surface area contributed by atoms with Gasteiger partial charge in [-0.15, -0.1) is 0 Å². The maximum Gasteiger partial charge on any atom is 0.225 e. The second-order valence-electron chi connectivity index (χ2n) is 8.31. The fourth-order valence-electron chi connectivity index (χ4n) is 3.86. The molecule has 33 heavy (non-hydrogen) atoms. The van der Waals surface area contributed by atoms with Crippen LogP contribution >= 0.6 is 11.6 Å². The largest absolute Gasteiger partial charge is 0.494 e. The molecule has 0 bridgehead atoms. The van der Waals surface area contributed by atoms with Crippen LogP contribution in [0.5, 0.6) is 5.75 Å². The van der Waals surface area contributed by atoms with E-state index in [1.807, 2.05) is 31.2 Å². The van der Waals surface area contributed by atoms with E-state index in [1.54, 1.807) is 16.8 Å². The molecule has 7 heteroatoms. The van der Waals surface area contributed by atoms with E-state index in [0.29, 0.717) is 36.1 Å². The van der Waals surface area contributed by atoms with E-state index in [4.69, 9.17) is 21.3 Å². The van der Waals surface area contributed by atoms with Gasteiger partial charge in [0.15, 0.2) is 5.82 Å². The molecule has 0 aliphatic rings. The summed E-state index contributed by atoms with van der Waals surface area (Å²) in [5.74, 6) is 1.92. The Bertz CT molecular complexity index is 1310. The lowest BCUT2D eigenvalue weighted by Gasteiger charge is -2.12. The Balaban J connectivity index is 1.46. The lowest BCUT2D eigenvalue weighted by atomic mass is 10.0. The fraction of sp³-hybridized carbons (Fsp3) is 0.269. The molecule has 0 aliphatic heterocycles. The number of benzene rings is 2. The third kappa shape index (κ3) is 5.34. The van der Waals surface area contributed by atoms with Gasteiger partial charge in [-0.2, -0.15) is 9.78 Å². The normalized spacial score (nSPS) is 11.1. The number of aryl methyl sites for hydroxylation is 4. The van der Waals surface area contributed by atoms with E-state index >= 15 is 0 Å². The first-order chi connectivity index (χ1) is 15.8. The molecule has 0 saturated carbocycles. The predicted octanol–water partition coefficient (Wildman–Crippen LogP) is 6.11. The molecule has 2 aromatic heterocycles. The van der Waals surface area contributed by atoms with E-state index in [0.717, 1.165) is 33.5 Å². The first-order valence-corrected chi connectivity index (χ1v) is 11.3. The van der Waals surface area contributed by atoms with Crippen LogP contribution in [-0.4, -0.2) is 27.3 Å². The molecule has 2 heterocycles. The van der Waals surface area contributed by atoms with Crippen LogP contribution in [0.2, 0.25) is 5.02 Å². The van der Waals surface area contributed by atoms with Crippen molar-refractivity contribution in [3.63, 3.8) is 0 Å². The van der Waals surface area contributed by atoms with Crippen LogP contribution in [0.4, 0.5) is 5.82 Å². The number of fused-ring (bicyclic) bond motifs is 1. The zero-order chi connectivity index (χ0) is 23.5. The first-order valence-electron chi connectivity index (χ1n) is 10.9. The molecule has 6 nitrogen and oxygen atoms in total. The van der Waals surface area contributed by atoms with Gasteiger partial charge in [-0.3, -0.25) is 4.79 Å². The maximum atomic E-state index is 12.6. The van der Waals surface area contributed by atoms with E-state index < -0.39 is 0 Å². The average Bonchev–Trinajstić information content (AvgIpc) is 3.13. The Kier molecular flexibility index (Phi) is 6.65. The van der Waals surface area contributed by atoms with Crippen LogP contribution in [-0.2, 0) is 4.79 Å². The number of pyridine rings is 1. The van der Waals surface area contributed by atoms with Crippen molar-refractivity contribution in [1.82, 2.24) is 14.8 Å². The lowest BCUT2D eigenvalue weighted by Crippen LogP contribution is -2.16. The molecule has 0 fully saturated rings. The number of carbonyl (C=O) groups excluding carboxylic acids is 1. The van der Waals surface area contributed by atoms with Crippen molar-refractivity contribution in [2.24, 2.45) is 0 Å². The Hall–Kier alpha value is -3.38. The molecule has 0 spiro atoms. The van der Waals surface area contributed by atoms with Gasteiger partial charge in [0.25, 0.3) is 0 Å². The van der Waals surface area contributed by atoms with Crippen molar-refractivity contribution < 1.29 is 9.53 Å². The van der Waals surface area contributed by atoms with Crippen molar-refractivity contribution >= 4 is 34.2 Å². The average molecular weight is 463 g/mol. The van der Waals surface area contributed by atoms with Gasteiger partial charge >= 0.3 is 0 Å². The lowest BCUT2D eigenvalue weighted by molar-refractivity contribution is -0.116. The highest BCUT2D eigenvalue weighted by atomic mass is 35.5. The third-order valence-electron chi connectivity index (χ3n) is 5.39. The number of hydrogen-bond acceptors (Lipinski definition) is 4. The Morgan fingerprint density at radius 2 is 1.79 bits per heavy atom. The summed E-state index contributed by atoms with van der Waals surface area (Å²) >= 11 is 5.88. The Labute approximate surface area is 198 Å². The summed E-state index contributed by atoms with van der Waals surface area (Å²) < 4.78 is 7.36. The highest BCUT2D eigenvalue weighted by Gasteiger charge is 2.14. The number of amides is 1. The maximum absolute atomic E-state index is 12.6. The van der Waals surface area contributed by atoms with Crippen LogP contribution in [0.3, 0.4) is 0 Å². The quantitative estimate of drug-likeness (QED) is 0.336. The number of carbonyl (C=O) groups is 1. The van der Waals surface area contributed by atoms with Crippen LogP contribution in [0.15, 0.2) is 48.5 Å². The predicted molar refractivity (Wildman–Crippen MR) is 133 cm³/mol. The number of aromatic nitrogens is 3. The minimum Gasteiger partial charge on any atom is -0.494 e. The van der Waals surface area contributed by atoms with Crippen molar-refractivity contribution in [3.05, 3.63) is 75.9 Å². The zero-order valence-corrected chi connectivity index (χ0v) is 20.0. The van der Waals surface area contributed by atoms with Gasteiger partial charge < -0.3 is 10.1 Å². The summed E-state index contributed by atoms with van der Waals surface area (Å²) in [6.07, 6.45) is 0.924. The van der Waals surface area contributed by atoms with Crippen molar-refractivity contribution in [2.75, 3.05) is 11.9 Å².